The maximum atomic E-state index is 12.0. The van der Waals surface area contributed by atoms with Crippen LogP contribution in [0.3, 0.4) is 0 Å². The minimum Gasteiger partial charge on any atom is -0.382 e. The average Bonchev–Trinajstić information content (AvgIpc) is 2.41. The van der Waals surface area contributed by atoms with Crippen LogP contribution < -0.4 is 10.6 Å². The van der Waals surface area contributed by atoms with Crippen LogP contribution >= 0.6 is 11.6 Å². The molecule has 1 aromatic carbocycles. The Kier molecular flexibility index (Phi) is 4.58. The summed E-state index contributed by atoms with van der Waals surface area (Å²) < 4.78 is 0. The molecule has 0 unspecified atom stereocenters. The number of pyridine rings is 1. The Labute approximate surface area is 123 Å². The molecule has 4 nitrogen and oxygen atoms in total. The van der Waals surface area contributed by atoms with Crippen molar-refractivity contribution in [3.05, 3.63) is 53.3 Å². The predicted octanol–water partition coefficient (Wildman–Crippen LogP) is 3.81. The van der Waals surface area contributed by atoms with Crippen LogP contribution in [0.2, 0.25) is 5.02 Å². The largest absolute Gasteiger partial charge is 0.382 e. The minimum absolute atomic E-state index is 0.283. The van der Waals surface area contributed by atoms with Gasteiger partial charge < -0.3 is 10.6 Å². The van der Waals surface area contributed by atoms with Gasteiger partial charge in [-0.1, -0.05) is 23.7 Å². The second kappa shape index (κ2) is 6.39. The quantitative estimate of drug-likeness (QED) is 0.900. The van der Waals surface area contributed by atoms with Crippen LogP contribution in [0.25, 0.3) is 0 Å². The van der Waals surface area contributed by atoms with E-state index in [4.69, 9.17) is 11.6 Å². The highest BCUT2D eigenvalue weighted by Gasteiger charge is 2.09. The van der Waals surface area contributed by atoms with Gasteiger partial charge in [0.1, 0.15) is 5.69 Å². The number of amides is 1. The molecule has 2 N–H and O–H groups in total. The van der Waals surface area contributed by atoms with Crippen molar-refractivity contribution in [2.75, 3.05) is 10.6 Å². The van der Waals surface area contributed by atoms with Gasteiger partial charge >= 0.3 is 0 Å². The molecule has 0 saturated heterocycles. The molecule has 1 aromatic heterocycles. The Morgan fingerprint density at radius 3 is 2.55 bits per heavy atom. The molecular formula is C15H16ClN3O. The fraction of sp³-hybridized carbons (Fsp3) is 0.200. The van der Waals surface area contributed by atoms with Crippen molar-refractivity contribution in [2.24, 2.45) is 0 Å². The number of nitrogens with zero attached hydrogens (tertiary/aromatic N) is 1. The Morgan fingerprint density at radius 2 is 1.95 bits per heavy atom. The van der Waals surface area contributed by atoms with Crippen LogP contribution in [0.15, 0.2) is 42.6 Å². The van der Waals surface area contributed by atoms with Gasteiger partial charge in [0.2, 0.25) is 0 Å². The molecule has 2 aromatic rings. The molecule has 104 valence electrons. The van der Waals surface area contributed by atoms with Crippen LogP contribution in [0.4, 0.5) is 11.4 Å². The van der Waals surface area contributed by atoms with Crippen molar-refractivity contribution in [3.8, 4) is 0 Å². The molecule has 0 saturated carbocycles. The third kappa shape index (κ3) is 3.71. The van der Waals surface area contributed by atoms with Crippen LogP contribution in [-0.2, 0) is 0 Å². The number of rotatable bonds is 4. The highest BCUT2D eigenvalue weighted by atomic mass is 35.5. The van der Waals surface area contributed by atoms with Gasteiger partial charge in [-0.3, -0.25) is 4.79 Å². The zero-order valence-corrected chi connectivity index (χ0v) is 12.1. The van der Waals surface area contributed by atoms with Gasteiger partial charge in [0.25, 0.3) is 5.91 Å². The molecule has 2 rings (SSSR count). The van der Waals surface area contributed by atoms with Crippen molar-refractivity contribution >= 4 is 28.9 Å². The molecule has 0 aliphatic heterocycles. The lowest BCUT2D eigenvalue weighted by Gasteiger charge is -2.10. The number of anilines is 2. The number of carbonyl (C=O) groups is 1. The molecule has 0 fully saturated rings. The topological polar surface area (TPSA) is 54.0 Å². The molecule has 0 atom stereocenters. The van der Waals surface area contributed by atoms with Crippen molar-refractivity contribution in [3.63, 3.8) is 0 Å². The fourth-order valence-corrected chi connectivity index (χ4v) is 1.88. The van der Waals surface area contributed by atoms with Gasteiger partial charge in [-0.15, -0.1) is 0 Å². The SMILES string of the molecule is CC(C)Nc1ccc(C(=O)Nc2ccccc2Cl)nc1. The third-order valence-corrected chi connectivity index (χ3v) is 2.90. The lowest BCUT2D eigenvalue weighted by atomic mass is 10.2. The zero-order valence-electron chi connectivity index (χ0n) is 11.4. The first-order chi connectivity index (χ1) is 9.56. The van der Waals surface area contributed by atoms with E-state index in [1.807, 2.05) is 32.0 Å². The van der Waals surface area contributed by atoms with Gasteiger partial charge in [0.05, 0.1) is 22.6 Å². The third-order valence-electron chi connectivity index (χ3n) is 2.57. The van der Waals surface area contributed by atoms with Crippen molar-refractivity contribution in [1.29, 1.82) is 0 Å². The summed E-state index contributed by atoms with van der Waals surface area (Å²) in [4.78, 5) is 16.2. The summed E-state index contributed by atoms with van der Waals surface area (Å²) in [5.41, 5.74) is 1.80. The summed E-state index contributed by atoms with van der Waals surface area (Å²) in [6, 6.07) is 10.9. The fourth-order valence-electron chi connectivity index (χ4n) is 1.70. The monoisotopic (exact) mass is 289 g/mol. The molecule has 0 radical (unpaired) electrons. The van der Waals surface area contributed by atoms with Crippen LogP contribution in [0.5, 0.6) is 0 Å². The van der Waals surface area contributed by atoms with Crippen molar-refractivity contribution < 1.29 is 4.79 Å². The van der Waals surface area contributed by atoms with Crippen LogP contribution in [0.1, 0.15) is 24.3 Å². The van der Waals surface area contributed by atoms with E-state index in [-0.39, 0.29) is 5.91 Å². The number of halogens is 1. The van der Waals surface area contributed by atoms with E-state index in [1.54, 1.807) is 24.4 Å². The Balaban J connectivity index is 2.08. The number of benzene rings is 1. The first-order valence-electron chi connectivity index (χ1n) is 6.34. The predicted molar refractivity (Wildman–Crippen MR) is 82.4 cm³/mol. The summed E-state index contributed by atoms with van der Waals surface area (Å²) in [5, 5.41) is 6.45. The summed E-state index contributed by atoms with van der Waals surface area (Å²) in [6.45, 7) is 4.08. The van der Waals surface area contributed by atoms with Crippen molar-refractivity contribution in [1.82, 2.24) is 4.98 Å². The smallest absolute Gasteiger partial charge is 0.274 e. The summed E-state index contributed by atoms with van der Waals surface area (Å²) in [7, 11) is 0. The van der Waals surface area contributed by atoms with Gasteiger partial charge in [0, 0.05) is 6.04 Å². The molecule has 0 aliphatic rings. The number of hydrogen-bond donors (Lipinski definition) is 2. The molecule has 1 heterocycles. The first kappa shape index (κ1) is 14.3. The number of para-hydroxylation sites is 1. The molecule has 0 spiro atoms. The van der Waals surface area contributed by atoms with Crippen LogP contribution in [0, 0.1) is 0 Å². The molecular weight excluding hydrogens is 274 g/mol. The normalized spacial score (nSPS) is 10.4. The average molecular weight is 290 g/mol. The maximum absolute atomic E-state index is 12.0. The lowest BCUT2D eigenvalue weighted by molar-refractivity contribution is 0.102. The van der Waals surface area contributed by atoms with Gasteiger partial charge in [-0.05, 0) is 38.1 Å². The maximum Gasteiger partial charge on any atom is 0.274 e. The highest BCUT2D eigenvalue weighted by molar-refractivity contribution is 6.33. The second-order valence-corrected chi connectivity index (χ2v) is 5.07. The van der Waals surface area contributed by atoms with E-state index >= 15 is 0 Å². The summed E-state index contributed by atoms with van der Waals surface area (Å²) in [5.74, 6) is -0.283. The van der Waals surface area contributed by atoms with E-state index in [9.17, 15) is 4.79 Å². The summed E-state index contributed by atoms with van der Waals surface area (Å²) >= 11 is 5.99. The molecule has 5 heteroatoms. The van der Waals surface area contributed by atoms with E-state index in [0.717, 1.165) is 5.69 Å². The van der Waals surface area contributed by atoms with E-state index in [0.29, 0.717) is 22.4 Å². The molecule has 0 aliphatic carbocycles. The number of hydrogen-bond acceptors (Lipinski definition) is 3. The van der Waals surface area contributed by atoms with Gasteiger partial charge in [-0.25, -0.2) is 4.98 Å². The second-order valence-electron chi connectivity index (χ2n) is 4.67. The van der Waals surface area contributed by atoms with Crippen LogP contribution in [-0.4, -0.2) is 16.9 Å². The number of nitrogens with one attached hydrogen (secondary N) is 2. The van der Waals surface area contributed by atoms with E-state index < -0.39 is 0 Å². The highest BCUT2D eigenvalue weighted by Crippen LogP contribution is 2.21. The Bertz CT molecular complexity index is 596. The molecule has 1 amide bonds. The molecule has 0 bridgehead atoms. The number of aromatic nitrogens is 1. The molecule has 20 heavy (non-hydrogen) atoms. The zero-order chi connectivity index (χ0) is 14.5. The standard InChI is InChI=1S/C15H16ClN3O/c1-10(2)18-11-7-8-14(17-9-11)15(20)19-13-6-4-3-5-12(13)16/h3-10,18H,1-2H3,(H,19,20). The lowest BCUT2D eigenvalue weighted by Crippen LogP contribution is -2.15. The van der Waals surface area contributed by atoms with E-state index in [1.165, 1.54) is 0 Å². The van der Waals surface area contributed by atoms with Gasteiger partial charge in [0.15, 0.2) is 0 Å². The first-order valence-corrected chi connectivity index (χ1v) is 6.72. The van der Waals surface area contributed by atoms with Crippen molar-refractivity contribution in [2.45, 2.75) is 19.9 Å². The Hall–Kier alpha value is -2.07. The summed E-state index contributed by atoms with van der Waals surface area (Å²) in [6.07, 6.45) is 1.64. The van der Waals surface area contributed by atoms with E-state index in [2.05, 4.69) is 15.6 Å². The minimum atomic E-state index is -0.283. The number of carbonyl (C=O) groups excluding carboxylic acids is 1. The van der Waals surface area contributed by atoms with Gasteiger partial charge in [-0.2, -0.15) is 0 Å². The Morgan fingerprint density at radius 1 is 1.20 bits per heavy atom.